The van der Waals surface area contributed by atoms with Crippen molar-refractivity contribution in [1.29, 1.82) is 0 Å². The van der Waals surface area contributed by atoms with Crippen molar-refractivity contribution in [3.63, 3.8) is 0 Å². The smallest absolute Gasteiger partial charge is 0.421 e. The molecule has 79 heavy (non-hydrogen) atoms. The fraction of sp³-hybridized carbons (Fsp3) is 0.271. The van der Waals surface area contributed by atoms with Gasteiger partial charge in [0.1, 0.15) is 36.5 Å². The summed E-state index contributed by atoms with van der Waals surface area (Å²) in [5.74, 6) is 3.58. The topological polar surface area (TPSA) is 246 Å². The first-order valence-electron chi connectivity index (χ1n) is 25.7. The number of hydrogen-bond donors (Lipinski definition) is 3. The van der Waals surface area contributed by atoms with E-state index in [1.54, 1.807) is 41.3 Å². The summed E-state index contributed by atoms with van der Waals surface area (Å²) in [6, 6.07) is 36.8. The van der Waals surface area contributed by atoms with Crippen LogP contribution in [0.5, 0.6) is 17.2 Å². The van der Waals surface area contributed by atoms with E-state index in [0.717, 1.165) is 10.5 Å². The molecule has 402 valence electrons. The third kappa shape index (κ3) is 9.68. The summed E-state index contributed by atoms with van der Waals surface area (Å²) in [6.45, 7) is 0.766. The monoisotopic (exact) mass is 1070 g/mol. The van der Waals surface area contributed by atoms with Crippen molar-refractivity contribution < 1.29 is 57.7 Å². The average Bonchev–Trinajstić information content (AvgIpc) is 1.94. The Morgan fingerprint density at radius 1 is 0.810 bits per heavy atom. The van der Waals surface area contributed by atoms with Gasteiger partial charge in [0, 0.05) is 56.0 Å². The highest BCUT2D eigenvalue weighted by molar-refractivity contribution is 6.23. The number of imide groups is 1. The number of primary amides is 1. The highest BCUT2D eigenvalue weighted by atomic mass is 16.7. The van der Waals surface area contributed by atoms with Crippen molar-refractivity contribution >= 4 is 41.3 Å². The molecule has 0 aliphatic carbocycles. The van der Waals surface area contributed by atoms with Gasteiger partial charge in [0.2, 0.25) is 18.6 Å². The zero-order valence-electron chi connectivity index (χ0n) is 42.5. The number of rotatable bonds is 13. The normalized spacial score (nSPS) is 22.1. The molecule has 6 aromatic carbocycles. The maximum absolute atomic E-state index is 16.9. The molecule has 5 aliphatic rings. The Kier molecular flexibility index (Phi) is 14.4. The van der Waals surface area contributed by atoms with Gasteiger partial charge in [0.25, 0.3) is 5.69 Å². The number of urea groups is 1. The maximum Gasteiger partial charge on any atom is 0.421 e. The number of carbonyl (C=O) groups excluding carboxylic acids is 5. The minimum atomic E-state index is -2.22. The number of anilines is 1. The van der Waals surface area contributed by atoms with Crippen LogP contribution >= 0.6 is 0 Å². The SMILES string of the molecule is NC(=O)NCC#Cc1ccc2c(c1)[C@]1(C(=O)N2C(=O)OCc2ccc([N+](=O)[O-])cc2)[C@H](c2ccccc2OCCO)N2[C@H](c3ccccc3)[C@H](c3ccccc3)OC(=O)[C@H]2[C@@H]1C(=O)N1CCN(Cc2ccc3c(c2)OCO3)CC1. The number of para-hydroxylation sites is 1. The number of esters is 1. The molecule has 5 heterocycles. The van der Waals surface area contributed by atoms with Gasteiger partial charge < -0.3 is 44.7 Å². The number of nitrogens with zero attached hydrogens (tertiary/aromatic N) is 5. The molecular weight excluding hydrogens is 1010 g/mol. The number of morpholine rings is 1. The van der Waals surface area contributed by atoms with Crippen LogP contribution in [-0.2, 0) is 42.4 Å². The largest absolute Gasteiger partial charge is 0.491 e. The number of benzene rings is 6. The van der Waals surface area contributed by atoms with Crippen LogP contribution in [0.1, 0.15) is 57.1 Å². The van der Waals surface area contributed by atoms with Crippen LogP contribution in [0.4, 0.5) is 21.0 Å². The highest BCUT2D eigenvalue weighted by Crippen LogP contribution is 2.67. The van der Waals surface area contributed by atoms with E-state index in [4.69, 9.17) is 29.4 Å². The summed E-state index contributed by atoms with van der Waals surface area (Å²) in [5.41, 5.74) is 6.51. The van der Waals surface area contributed by atoms with Crippen LogP contribution in [0, 0.1) is 27.9 Å². The summed E-state index contributed by atoms with van der Waals surface area (Å²) >= 11 is 0. The first-order valence-corrected chi connectivity index (χ1v) is 25.7. The number of nitrogens with two attached hydrogens (primary N) is 1. The van der Waals surface area contributed by atoms with E-state index in [9.17, 15) is 20.0 Å². The first kappa shape index (κ1) is 51.8. The average molecular weight is 1070 g/mol. The third-order valence-electron chi connectivity index (χ3n) is 15.1. The molecule has 6 aromatic rings. The molecular formula is C59H53N7O13. The molecule has 3 saturated heterocycles. The number of aliphatic hydroxyl groups is 1. The molecule has 4 N–H and O–H groups in total. The number of carbonyl (C=O) groups is 5. The van der Waals surface area contributed by atoms with Crippen LogP contribution in [0.2, 0.25) is 0 Å². The Hall–Kier alpha value is -9.29. The van der Waals surface area contributed by atoms with Crippen LogP contribution in [-0.4, -0.2) is 113 Å². The zero-order chi connectivity index (χ0) is 54.8. The third-order valence-corrected chi connectivity index (χ3v) is 15.1. The number of ether oxygens (including phenoxy) is 5. The van der Waals surface area contributed by atoms with E-state index in [0.29, 0.717) is 59.0 Å². The standard InChI is InChI=1S/C59H53N7O13/c60-57(71)61-25-9-10-37-19-23-45-44(32-37)59(56(70)64(45)58(72)76-35-38-17-21-42(22-18-38)66(73)74)49(54(68)63-28-26-62(27-29-63)34-39-20-24-47-48(33-39)78-36-77-47)51-55(69)79-52(41-13-5-2-6-14-41)50(40-11-3-1-4-12-40)65(51)53(59)43-15-7-8-16-46(43)75-31-30-67/h1-8,11-24,32-33,49-53,67H,25-31,34-36H2,(H3,60,61,71)/t49-,50-,51-,52+,53+,59-/m1/s1. The molecule has 0 radical (unpaired) electrons. The van der Waals surface area contributed by atoms with Gasteiger partial charge in [-0.25, -0.2) is 14.5 Å². The van der Waals surface area contributed by atoms with Crippen molar-refractivity contribution in [2.24, 2.45) is 11.7 Å². The number of nitrogens with one attached hydrogen (secondary N) is 1. The van der Waals surface area contributed by atoms with Gasteiger partial charge in [-0.05, 0) is 76.3 Å². The second-order valence-corrected chi connectivity index (χ2v) is 19.5. The molecule has 20 heteroatoms. The lowest BCUT2D eigenvalue weighted by Crippen LogP contribution is -2.59. The van der Waals surface area contributed by atoms with Crippen molar-refractivity contribution in [2.75, 3.05) is 57.6 Å². The fourth-order valence-electron chi connectivity index (χ4n) is 11.7. The molecule has 3 fully saturated rings. The van der Waals surface area contributed by atoms with Crippen LogP contribution in [0.25, 0.3) is 0 Å². The quantitative estimate of drug-likeness (QED) is 0.0515. The lowest BCUT2D eigenvalue weighted by atomic mass is 9.64. The molecule has 0 unspecified atom stereocenters. The first-order chi connectivity index (χ1) is 38.5. The van der Waals surface area contributed by atoms with E-state index in [-0.39, 0.29) is 62.3 Å². The summed E-state index contributed by atoms with van der Waals surface area (Å²) in [6.07, 6.45) is -2.15. The molecule has 0 aromatic heterocycles. The number of cyclic esters (lactones) is 1. The van der Waals surface area contributed by atoms with Crippen LogP contribution in [0.15, 0.2) is 146 Å². The number of piperazine rings is 1. The summed E-state index contributed by atoms with van der Waals surface area (Å²) in [4.78, 5) is 93.5. The van der Waals surface area contributed by atoms with Gasteiger partial charge in [-0.2, -0.15) is 0 Å². The van der Waals surface area contributed by atoms with E-state index < -0.39 is 77.0 Å². The second kappa shape index (κ2) is 22.0. The minimum Gasteiger partial charge on any atom is -0.491 e. The van der Waals surface area contributed by atoms with Gasteiger partial charge >= 0.3 is 18.1 Å². The minimum absolute atomic E-state index is 0.0358. The maximum atomic E-state index is 16.9. The Morgan fingerprint density at radius 3 is 2.23 bits per heavy atom. The molecule has 20 nitrogen and oxygen atoms in total. The van der Waals surface area contributed by atoms with Gasteiger partial charge in [0.05, 0.1) is 41.8 Å². The van der Waals surface area contributed by atoms with E-state index >= 15 is 19.2 Å². The molecule has 6 atom stereocenters. The van der Waals surface area contributed by atoms with Gasteiger partial charge in [0.15, 0.2) is 11.5 Å². The van der Waals surface area contributed by atoms with Crippen LogP contribution < -0.4 is 30.2 Å². The molecule has 5 amide bonds. The lowest BCUT2D eigenvalue weighted by Gasteiger charge is -2.46. The number of hydrogen-bond acceptors (Lipinski definition) is 15. The highest BCUT2D eigenvalue weighted by Gasteiger charge is 2.76. The number of fused-ring (bicyclic) bond motifs is 4. The van der Waals surface area contributed by atoms with Gasteiger partial charge in [-0.1, -0.05) is 96.8 Å². The molecule has 0 bridgehead atoms. The second-order valence-electron chi connectivity index (χ2n) is 19.5. The Morgan fingerprint density at radius 2 is 1.51 bits per heavy atom. The van der Waals surface area contributed by atoms with E-state index in [1.165, 1.54) is 30.3 Å². The molecule has 5 aliphatic heterocycles. The van der Waals surface area contributed by atoms with Crippen molar-refractivity contribution in [3.8, 4) is 29.1 Å². The van der Waals surface area contributed by atoms with E-state index in [2.05, 4.69) is 22.1 Å². The molecule has 11 rings (SSSR count). The number of nitro groups is 1. The van der Waals surface area contributed by atoms with Crippen molar-refractivity contribution in [2.45, 2.75) is 42.8 Å². The molecule has 1 spiro atoms. The Bertz CT molecular complexity index is 3400. The summed E-state index contributed by atoms with van der Waals surface area (Å²) < 4.78 is 30.1. The zero-order valence-corrected chi connectivity index (χ0v) is 42.5. The predicted molar refractivity (Wildman–Crippen MR) is 283 cm³/mol. The lowest BCUT2D eigenvalue weighted by molar-refractivity contribution is -0.384. The number of non-ortho nitro benzene ring substituents is 1. The molecule has 0 saturated carbocycles. The van der Waals surface area contributed by atoms with Crippen molar-refractivity contribution in [1.82, 2.24) is 20.0 Å². The summed E-state index contributed by atoms with van der Waals surface area (Å²) in [5, 5.41) is 24.2. The van der Waals surface area contributed by atoms with Crippen LogP contribution in [0.3, 0.4) is 0 Å². The number of nitro benzene ring substituents is 1. The number of aliphatic hydroxyl groups excluding tert-OH is 1. The predicted octanol–water partition coefficient (Wildman–Crippen LogP) is 6.06. The van der Waals surface area contributed by atoms with Crippen molar-refractivity contribution in [3.05, 3.63) is 195 Å². The Labute approximate surface area is 453 Å². The number of amides is 5. The fourth-order valence-corrected chi connectivity index (χ4v) is 11.7. The van der Waals surface area contributed by atoms with Gasteiger partial charge in [-0.15, -0.1) is 0 Å². The van der Waals surface area contributed by atoms with E-state index in [1.807, 2.05) is 83.8 Å². The Balaban J connectivity index is 1.11. The van der Waals surface area contributed by atoms with Gasteiger partial charge in [-0.3, -0.25) is 34.3 Å². The summed E-state index contributed by atoms with van der Waals surface area (Å²) in [7, 11) is 0.